The second-order valence-electron chi connectivity index (χ2n) is 5.46. The maximum Gasteiger partial charge on any atom is 0.217 e. The number of amides is 1. The summed E-state index contributed by atoms with van der Waals surface area (Å²) in [6.45, 7) is 1.32. The maximum atomic E-state index is 11.4. The van der Waals surface area contributed by atoms with Gasteiger partial charge in [-0.25, -0.2) is 0 Å². The van der Waals surface area contributed by atoms with Gasteiger partial charge in [-0.15, -0.1) is 0 Å². The number of benzene rings is 1. The van der Waals surface area contributed by atoms with Crippen LogP contribution in [0.1, 0.15) is 12.5 Å². The van der Waals surface area contributed by atoms with E-state index in [1.807, 2.05) is 30.3 Å². The molecule has 0 aliphatic carbocycles. The molecule has 2 rings (SSSR count). The van der Waals surface area contributed by atoms with Crippen molar-refractivity contribution in [1.82, 2.24) is 5.32 Å². The number of carbonyl (C=O) groups is 1. The summed E-state index contributed by atoms with van der Waals surface area (Å²) in [6, 6.07) is 8.36. The second kappa shape index (κ2) is 8.62. The third-order valence-corrected chi connectivity index (χ3v) is 3.65. The van der Waals surface area contributed by atoms with Crippen LogP contribution in [-0.2, 0) is 20.9 Å². The molecule has 1 aromatic rings. The highest BCUT2D eigenvalue weighted by Crippen LogP contribution is 2.23. The molecule has 0 unspecified atom stereocenters. The number of rotatable bonds is 6. The van der Waals surface area contributed by atoms with E-state index in [4.69, 9.17) is 15.0 Å². The Kier molecular flexibility index (Phi) is 6.53. The first-order valence-electron chi connectivity index (χ1n) is 7.48. The zero-order valence-electron chi connectivity index (χ0n) is 13.1. The van der Waals surface area contributed by atoms with Crippen molar-refractivity contribution in [2.75, 3.05) is 6.54 Å². The van der Waals surface area contributed by atoms with E-state index in [-0.39, 0.29) is 13.2 Å². The predicted octanol–water partition coefficient (Wildman–Crippen LogP) is 0.465. The highest BCUT2D eigenvalue weighted by atomic mass is 16.7. The lowest BCUT2D eigenvalue weighted by atomic mass is 9.96. The smallest absolute Gasteiger partial charge is 0.217 e. The van der Waals surface area contributed by atoms with Crippen LogP contribution < -0.4 is 5.32 Å². The van der Waals surface area contributed by atoms with Crippen LogP contribution in [0.3, 0.4) is 0 Å². The lowest BCUT2D eigenvalue weighted by molar-refractivity contribution is -0.265. The molecule has 5 atom stereocenters. The van der Waals surface area contributed by atoms with E-state index in [9.17, 15) is 15.0 Å². The molecule has 9 nitrogen and oxygen atoms in total. The largest absolute Gasteiger partial charge is 0.388 e. The molecule has 0 aromatic heterocycles. The molecule has 1 fully saturated rings. The lowest BCUT2D eigenvalue weighted by Crippen LogP contribution is -2.64. The van der Waals surface area contributed by atoms with Crippen LogP contribution >= 0.6 is 0 Å². The summed E-state index contributed by atoms with van der Waals surface area (Å²) in [7, 11) is 0. The Bertz CT molecular complexity index is 593. The molecule has 1 aromatic carbocycles. The molecule has 24 heavy (non-hydrogen) atoms. The topological polar surface area (TPSA) is 137 Å². The zero-order chi connectivity index (χ0) is 17.5. The number of azide groups is 1. The molecule has 1 heterocycles. The van der Waals surface area contributed by atoms with Gasteiger partial charge < -0.3 is 25.0 Å². The standard InChI is InChI=1S/C15H20N4O5/c1-9(20)18-12-14(22)13(21)11(7-17-19-16)24-15(12)23-8-10-5-3-2-4-6-10/h2-6,11-15,21-22H,7-8H2,1H3,(H,18,20)/t11-,12+,13+,14-,15-/m1/s1. The van der Waals surface area contributed by atoms with Gasteiger partial charge in [-0.1, -0.05) is 35.4 Å². The Morgan fingerprint density at radius 1 is 1.38 bits per heavy atom. The van der Waals surface area contributed by atoms with Crippen molar-refractivity contribution in [3.63, 3.8) is 0 Å². The molecule has 9 heteroatoms. The molecule has 3 N–H and O–H groups in total. The van der Waals surface area contributed by atoms with Crippen molar-refractivity contribution in [2.24, 2.45) is 5.11 Å². The van der Waals surface area contributed by atoms with Crippen molar-refractivity contribution < 1.29 is 24.5 Å². The molecule has 0 bridgehead atoms. The lowest BCUT2D eigenvalue weighted by Gasteiger charge is -2.42. The van der Waals surface area contributed by atoms with Crippen LogP contribution in [0.15, 0.2) is 35.4 Å². The summed E-state index contributed by atoms with van der Waals surface area (Å²) in [5.74, 6) is -0.392. The van der Waals surface area contributed by atoms with Crippen molar-refractivity contribution in [3.05, 3.63) is 46.3 Å². The number of ether oxygens (including phenoxy) is 2. The fraction of sp³-hybridized carbons (Fsp3) is 0.533. The molecular formula is C15H20N4O5. The third-order valence-electron chi connectivity index (χ3n) is 3.65. The van der Waals surface area contributed by atoms with Crippen molar-refractivity contribution >= 4 is 5.91 Å². The summed E-state index contributed by atoms with van der Waals surface area (Å²) in [5.41, 5.74) is 9.29. The van der Waals surface area contributed by atoms with Gasteiger partial charge in [0.15, 0.2) is 6.29 Å². The van der Waals surface area contributed by atoms with E-state index in [1.54, 1.807) is 0 Å². The Hall–Kier alpha value is -2.16. The summed E-state index contributed by atoms with van der Waals surface area (Å²) >= 11 is 0. The minimum Gasteiger partial charge on any atom is -0.388 e. The molecule has 0 saturated carbocycles. The Labute approximate surface area is 138 Å². The van der Waals surface area contributed by atoms with Gasteiger partial charge in [-0.05, 0) is 11.1 Å². The van der Waals surface area contributed by atoms with Crippen LogP contribution in [0.25, 0.3) is 10.4 Å². The van der Waals surface area contributed by atoms with E-state index in [0.29, 0.717) is 0 Å². The summed E-state index contributed by atoms with van der Waals surface area (Å²) in [6.07, 6.45) is -4.56. The van der Waals surface area contributed by atoms with E-state index >= 15 is 0 Å². The number of aliphatic hydroxyl groups excluding tert-OH is 2. The predicted molar refractivity (Wildman–Crippen MR) is 83.5 cm³/mol. The average Bonchev–Trinajstić information content (AvgIpc) is 2.58. The van der Waals surface area contributed by atoms with Gasteiger partial charge in [-0.2, -0.15) is 0 Å². The monoisotopic (exact) mass is 336 g/mol. The van der Waals surface area contributed by atoms with Crippen molar-refractivity contribution in [2.45, 2.75) is 44.2 Å². The molecule has 130 valence electrons. The Morgan fingerprint density at radius 3 is 2.71 bits per heavy atom. The quantitative estimate of drug-likeness (QED) is 0.394. The first-order valence-corrected chi connectivity index (χ1v) is 7.48. The number of nitrogens with zero attached hydrogens (tertiary/aromatic N) is 3. The fourth-order valence-corrected chi connectivity index (χ4v) is 2.48. The summed E-state index contributed by atoms with van der Waals surface area (Å²) in [4.78, 5) is 14.0. The minimum absolute atomic E-state index is 0.160. The van der Waals surface area contributed by atoms with Crippen molar-refractivity contribution in [3.8, 4) is 0 Å². The van der Waals surface area contributed by atoms with E-state index in [1.165, 1.54) is 6.92 Å². The molecule has 1 aliphatic rings. The Morgan fingerprint density at radius 2 is 2.08 bits per heavy atom. The van der Waals surface area contributed by atoms with Crippen LogP contribution in [0.2, 0.25) is 0 Å². The SMILES string of the molecule is CC(=O)N[C@@H]1[C@H](OCc2ccccc2)O[C@H](CN=[N+]=[N-])[C@H](O)[C@@H]1O. The van der Waals surface area contributed by atoms with Gasteiger partial charge in [0.2, 0.25) is 5.91 Å². The normalized spacial score (nSPS) is 29.5. The van der Waals surface area contributed by atoms with E-state index < -0.39 is 36.6 Å². The van der Waals surface area contributed by atoms with Gasteiger partial charge in [-0.3, -0.25) is 4.79 Å². The maximum absolute atomic E-state index is 11.4. The van der Waals surface area contributed by atoms with Gasteiger partial charge in [0.05, 0.1) is 19.3 Å². The van der Waals surface area contributed by atoms with Gasteiger partial charge in [0.1, 0.15) is 18.2 Å². The molecule has 1 aliphatic heterocycles. The number of nitrogens with one attached hydrogen (secondary N) is 1. The Balaban J connectivity index is 2.11. The van der Waals surface area contributed by atoms with Gasteiger partial charge >= 0.3 is 0 Å². The summed E-state index contributed by atoms with van der Waals surface area (Å²) in [5, 5.41) is 26.2. The molecule has 0 radical (unpaired) electrons. The first-order chi connectivity index (χ1) is 11.5. The minimum atomic E-state index is -1.32. The number of aliphatic hydroxyl groups is 2. The van der Waals surface area contributed by atoms with E-state index in [0.717, 1.165) is 5.56 Å². The van der Waals surface area contributed by atoms with Crippen LogP contribution in [0.5, 0.6) is 0 Å². The fourth-order valence-electron chi connectivity index (χ4n) is 2.48. The number of carbonyl (C=O) groups excluding carboxylic acids is 1. The third kappa shape index (κ3) is 4.67. The first kappa shape index (κ1) is 18.2. The molecule has 0 spiro atoms. The molecular weight excluding hydrogens is 316 g/mol. The molecule has 1 amide bonds. The average molecular weight is 336 g/mol. The highest BCUT2D eigenvalue weighted by molar-refractivity contribution is 5.73. The molecule has 1 saturated heterocycles. The zero-order valence-corrected chi connectivity index (χ0v) is 13.1. The van der Waals surface area contributed by atoms with Crippen LogP contribution in [0, 0.1) is 0 Å². The highest BCUT2D eigenvalue weighted by Gasteiger charge is 2.45. The van der Waals surface area contributed by atoms with Gasteiger partial charge in [0.25, 0.3) is 0 Å². The number of hydrogen-bond acceptors (Lipinski definition) is 6. The van der Waals surface area contributed by atoms with Crippen molar-refractivity contribution in [1.29, 1.82) is 0 Å². The van der Waals surface area contributed by atoms with Crippen LogP contribution in [0.4, 0.5) is 0 Å². The summed E-state index contributed by atoms with van der Waals surface area (Å²) < 4.78 is 11.3. The second-order valence-corrected chi connectivity index (χ2v) is 5.46. The number of hydrogen-bond donors (Lipinski definition) is 3. The van der Waals surface area contributed by atoms with Gasteiger partial charge in [0, 0.05) is 11.8 Å². The van der Waals surface area contributed by atoms with E-state index in [2.05, 4.69) is 15.3 Å². The van der Waals surface area contributed by atoms with Crippen LogP contribution in [-0.4, -0.2) is 53.3 Å².